The number of fused-ring (bicyclic) bond motifs is 2. The molecule has 6 aromatic carbocycles. The molecule has 0 saturated carbocycles. The van der Waals surface area contributed by atoms with E-state index < -0.39 is 21.5 Å². The van der Waals surface area contributed by atoms with Gasteiger partial charge in [-0.05, 0) is 0 Å². The van der Waals surface area contributed by atoms with Crippen LogP contribution in [0.15, 0.2) is 121 Å². The molecular formula is C64H77Cl2SiZr. The van der Waals surface area contributed by atoms with Gasteiger partial charge in [-0.3, -0.25) is 0 Å². The first-order valence-corrected chi connectivity index (χ1v) is 41.7. The number of halogens is 2. The predicted molar refractivity (Wildman–Crippen MR) is 302 cm³/mol. The van der Waals surface area contributed by atoms with Gasteiger partial charge in [0.05, 0.1) is 0 Å². The quantitative estimate of drug-likeness (QED) is 0.127. The average molecular weight is 1040 g/mol. The monoisotopic (exact) mass is 1030 g/mol. The number of hydrogen-bond acceptors (Lipinski definition) is 0. The van der Waals surface area contributed by atoms with Crippen LogP contribution in [0.4, 0.5) is 0 Å². The first-order valence-electron chi connectivity index (χ1n) is 25.4. The molecule has 0 nitrogen and oxygen atoms in total. The van der Waals surface area contributed by atoms with Crippen molar-refractivity contribution < 1.29 is 15.6 Å². The van der Waals surface area contributed by atoms with E-state index in [1.54, 1.807) is 0 Å². The first-order chi connectivity index (χ1) is 31.7. The van der Waals surface area contributed by atoms with E-state index in [0.29, 0.717) is 0 Å². The SMILES string of the molecule is CCc1ccc2c(c1-c1cc(C(C)(C)C)cc(C(C)(C)C)c1)C=C(c1ccccc1)[CH]2[Zr]([Cl])([Cl])([CH]1C(c2ccccc2)=Cc2c1ccc(CC)c2-c1cc(C(C)(C)C)cc(C(C)(C)C)c1)[SiH](C)C. The third kappa shape index (κ3) is 8.95. The van der Waals surface area contributed by atoms with Crippen LogP contribution in [-0.4, -0.2) is 5.92 Å². The summed E-state index contributed by atoms with van der Waals surface area (Å²) >= 11 is -5.42. The predicted octanol–water partition coefficient (Wildman–Crippen LogP) is 19.2. The van der Waals surface area contributed by atoms with Crippen molar-refractivity contribution >= 4 is 46.2 Å². The molecule has 0 fully saturated rings. The third-order valence-electron chi connectivity index (χ3n) is 15.7. The molecule has 68 heavy (non-hydrogen) atoms. The number of benzene rings is 6. The van der Waals surface area contributed by atoms with Crippen LogP contribution < -0.4 is 0 Å². The van der Waals surface area contributed by atoms with Crippen molar-refractivity contribution in [3.63, 3.8) is 0 Å². The molecule has 0 N–H and O–H groups in total. The molecule has 0 heterocycles. The molecule has 2 atom stereocenters. The average Bonchev–Trinajstić information content (AvgIpc) is 3.88. The second-order valence-corrected chi connectivity index (χ2v) is 67.2. The van der Waals surface area contributed by atoms with Crippen LogP contribution in [0.3, 0.4) is 0 Å². The Bertz CT molecular complexity index is 2700. The minimum atomic E-state index is -5.42. The van der Waals surface area contributed by atoms with Crippen LogP contribution >= 0.6 is 17.0 Å². The number of rotatable bonds is 9. The summed E-state index contributed by atoms with van der Waals surface area (Å²) in [7, 11) is 18.7. The molecule has 2 aliphatic carbocycles. The van der Waals surface area contributed by atoms with E-state index in [0.717, 1.165) is 12.8 Å². The maximum absolute atomic E-state index is 9.33. The number of hydrogen-bond donors (Lipinski definition) is 0. The summed E-state index contributed by atoms with van der Waals surface area (Å²) in [4.78, 5) is 0. The van der Waals surface area contributed by atoms with Gasteiger partial charge < -0.3 is 0 Å². The Morgan fingerprint density at radius 1 is 0.426 bits per heavy atom. The zero-order chi connectivity index (χ0) is 49.5. The van der Waals surface area contributed by atoms with E-state index in [1.165, 1.54) is 100 Å². The topological polar surface area (TPSA) is 0 Å². The van der Waals surface area contributed by atoms with Crippen LogP contribution in [0.5, 0.6) is 0 Å². The molecule has 0 bridgehead atoms. The van der Waals surface area contributed by atoms with E-state index in [2.05, 4.69) is 244 Å². The van der Waals surface area contributed by atoms with Crippen molar-refractivity contribution in [2.75, 3.05) is 0 Å². The Morgan fingerprint density at radius 3 is 1.00 bits per heavy atom. The van der Waals surface area contributed by atoms with E-state index in [4.69, 9.17) is 0 Å². The minimum absolute atomic E-state index is 0.0199. The summed E-state index contributed by atoms with van der Waals surface area (Å²) in [5, 5.41) is 0. The molecule has 0 radical (unpaired) electrons. The Kier molecular flexibility index (Phi) is 13.4. The molecule has 0 spiro atoms. The van der Waals surface area contributed by atoms with E-state index in [1.807, 2.05) is 0 Å². The van der Waals surface area contributed by atoms with Gasteiger partial charge in [0.1, 0.15) is 0 Å². The van der Waals surface area contributed by atoms with Gasteiger partial charge in [0, 0.05) is 0 Å². The van der Waals surface area contributed by atoms with Gasteiger partial charge in [-0.15, -0.1) is 0 Å². The number of allylic oxidation sites excluding steroid dienone is 2. The fourth-order valence-corrected chi connectivity index (χ4v) is 41.4. The third-order valence-corrected chi connectivity index (χ3v) is 67.2. The summed E-state index contributed by atoms with van der Waals surface area (Å²) in [6.45, 7) is 37.7. The first kappa shape index (κ1) is 50.9. The van der Waals surface area contributed by atoms with Crippen LogP contribution in [0.2, 0.25) is 13.1 Å². The normalized spacial score (nSPS) is 17.1. The molecule has 2 aliphatic rings. The van der Waals surface area contributed by atoms with Gasteiger partial charge in [-0.2, -0.15) is 0 Å². The van der Waals surface area contributed by atoms with Crippen molar-refractivity contribution in [1.29, 1.82) is 0 Å². The van der Waals surface area contributed by atoms with E-state index >= 15 is 0 Å². The summed E-state index contributed by atoms with van der Waals surface area (Å²) in [5.41, 5.74) is 23.6. The maximum atomic E-state index is 9.33. The standard InChI is InChI=1S/2C31H35.C2H7Si.2ClH.Zr/c2*1-8-21-14-15-23-16-24(22-12-10-9-11-13-22)19-28(23)29(21)25-17-26(30(2,3)4)20-27(18-25)31(5,6)7;1-3-2;;;/h2*9-20H,8H2,1-7H3;3H,1-2H3;2*1H;/q;;;;;+2/p-2. The molecule has 4 heteroatoms. The van der Waals surface area contributed by atoms with Crippen LogP contribution in [0.1, 0.15) is 171 Å². The molecule has 0 saturated heterocycles. The summed E-state index contributed by atoms with van der Waals surface area (Å²) in [6.07, 6.45) is 6.93. The fourth-order valence-electron chi connectivity index (χ4n) is 11.3. The molecular weight excluding hydrogens is 959 g/mol. The van der Waals surface area contributed by atoms with E-state index in [9.17, 15) is 17.0 Å². The van der Waals surface area contributed by atoms with Crippen molar-refractivity contribution in [3.05, 3.63) is 188 Å². The Labute approximate surface area is 420 Å². The van der Waals surface area contributed by atoms with Crippen molar-refractivity contribution in [2.24, 2.45) is 0 Å². The van der Waals surface area contributed by atoms with Crippen LogP contribution in [0, 0.1) is 0 Å². The summed E-state index contributed by atoms with van der Waals surface area (Å²) < 4.78 is -0.258. The summed E-state index contributed by atoms with van der Waals surface area (Å²) in [6, 6.07) is 46.8. The van der Waals surface area contributed by atoms with Crippen LogP contribution in [0.25, 0.3) is 45.6 Å². The second-order valence-electron chi connectivity index (χ2n) is 24.7. The zero-order valence-electron chi connectivity index (χ0n) is 44.1. The van der Waals surface area contributed by atoms with Gasteiger partial charge in [0.25, 0.3) is 0 Å². The second kappa shape index (κ2) is 18.0. The summed E-state index contributed by atoms with van der Waals surface area (Å²) in [5.74, 6) is -1.95. The van der Waals surface area contributed by atoms with Crippen molar-refractivity contribution in [1.82, 2.24) is 0 Å². The number of aryl methyl sites for hydroxylation is 2. The van der Waals surface area contributed by atoms with Gasteiger partial charge in [-0.1, -0.05) is 0 Å². The Morgan fingerprint density at radius 2 is 0.735 bits per heavy atom. The zero-order valence-corrected chi connectivity index (χ0v) is 49.2. The molecule has 0 amide bonds. The van der Waals surface area contributed by atoms with E-state index in [-0.39, 0.29) is 28.9 Å². The van der Waals surface area contributed by atoms with Crippen molar-refractivity contribution in [2.45, 2.75) is 152 Å². The molecule has 0 aromatic heterocycles. The molecule has 0 aliphatic heterocycles. The van der Waals surface area contributed by atoms with Gasteiger partial charge in [0.15, 0.2) is 0 Å². The van der Waals surface area contributed by atoms with Crippen molar-refractivity contribution in [3.8, 4) is 22.3 Å². The molecule has 8 rings (SSSR count). The molecule has 6 aromatic rings. The van der Waals surface area contributed by atoms with Gasteiger partial charge in [0.2, 0.25) is 0 Å². The Balaban J connectivity index is 1.48. The molecule has 2 unspecified atom stereocenters. The van der Waals surface area contributed by atoms with Crippen LogP contribution in [-0.2, 0) is 50.1 Å². The van der Waals surface area contributed by atoms with Gasteiger partial charge >= 0.3 is 424 Å². The Hall–Kier alpha value is -3.52. The molecule has 355 valence electrons. The fraction of sp³-hybridized carbons (Fsp3) is 0.375. The van der Waals surface area contributed by atoms with Gasteiger partial charge in [-0.25, -0.2) is 0 Å².